The van der Waals surface area contributed by atoms with Gasteiger partial charge in [0.15, 0.2) is 0 Å². The van der Waals surface area contributed by atoms with E-state index in [4.69, 9.17) is 5.11 Å². The van der Waals surface area contributed by atoms with Gasteiger partial charge < -0.3 is 14.7 Å². The van der Waals surface area contributed by atoms with E-state index in [0.29, 0.717) is 0 Å². The molecular weight excluding hydrogens is 722 g/mol. The number of carbonyl (C=O) groups is 1. The summed E-state index contributed by atoms with van der Waals surface area (Å²) < 4.78 is 38.9. The summed E-state index contributed by atoms with van der Waals surface area (Å²) in [6.07, 6.45) is -1.28. The first kappa shape index (κ1) is 30.4. The molecule has 5 nitrogen and oxygen atoms in total. The Morgan fingerprint density at radius 2 is 1.57 bits per heavy atom. The zero-order chi connectivity index (χ0) is 29.0. The predicted octanol–water partition coefficient (Wildman–Crippen LogP) is 7.47. The summed E-state index contributed by atoms with van der Waals surface area (Å²) >= 11 is 0. The second-order valence-corrected chi connectivity index (χ2v) is 9.21. The van der Waals surface area contributed by atoms with E-state index in [-0.39, 0.29) is 32.2 Å². The first-order valence-electron chi connectivity index (χ1n) is 12.5. The minimum Gasteiger partial charge on any atom is -0.477 e. The molecule has 9 heteroatoms. The number of pyridine rings is 2. The van der Waals surface area contributed by atoms with Gasteiger partial charge in [0, 0.05) is 32.5 Å². The Balaban J connectivity index is 0.000000188. The maximum Gasteiger partial charge on any atom is 0.416 e. The Labute approximate surface area is 252 Å². The number of rotatable bonds is 4. The molecule has 6 rings (SSSR count). The van der Waals surface area contributed by atoms with Gasteiger partial charge in [0.05, 0.1) is 12.1 Å². The van der Waals surface area contributed by atoms with Gasteiger partial charge >= 0.3 is 12.1 Å². The molecule has 0 saturated heterocycles. The normalized spacial score (nSPS) is 10.9. The monoisotopic (exact) mass is 744 g/mol. The third-order valence-corrected chi connectivity index (χ3v) is 6.47. The molecular formula is C33H22F3IrN2O3-. The van der Waals surface area contributed by atoms with Gasteiger partial charge in [-0.25, -0.2) is 4.79 Å². The second-order valence-electron chi connectivity index (χ2n) is 9.21. The molecule has 6 aromatic rings. The fraction of sp³-hybridized carbons (Fsp3) is 0.0606. The number of carboxylic acids is 1. The molecule has 0 amide bonds. The summed E-state index contributed by atoms with van der Waals surface area (Å²) in [5.74, 6) is -1.38. The zero-order valence-electron chi connectivity index (χ0n) is 21.8. The third-order valence-electron chi connectivity index (χ3n) is 6.47. The molecule has 0 aliphatic rings. The molecule has 0 spiro atoms. The van der Waals surface area contributed by atoms with Gasteiger partial charge in [0.2, 0.25) is 0 Å². The van der Waals surface area contributed by atoms with E-state index in [1.54, 1.807) is 0 Å². The van der Waals surface area contributed by atoms with Crippen molar-refractivity contribution < 1.29 is 43.2 Å². The van der Waals surface area contributed by atoms with Crippen molar-refractivity contribution >= 4 is 27.5 Å². The van der Waals surface area contributed by atoms with E-state index in [0.717, 1.165) is 34.0 Å². The smallest absolute Gasteiger partial charge is 0.416 e. The number of carboxylic acid groups (broad SMARTS) is 1. The van der Waals surface area contributed by atoms with Crippen LogP contribution in [0.4, 0.5) is 13.2 Å². The Hall–Kier alpha value is -4.59. The van der Waals surface area contributed by atoms with Gasteiger partial charge in [-0.1, -0.05) is 66.0 Å². The van der Waals surface area contributed by atoms with Crippen molar-refractivity contribution in [2.24, 2.45) is 0 Å². The van der Waals surface area contributed by atoms with E-state index in [1.807, 2.05) is 24.4 Å². The van der Waals surface area contributed by atoms with Gasteiger partial charge in [-0.05, 0) is 52.4 Å². The van der Waals surface area contributed by atoms with Crippen molar-refractivity contribution in [1.82, 2.24) is 9.55 Å². The predicted molar refractivity (Wildman–Crippen MR) is 152 cm³/mol. The standard InChI is InChI=1S/C19H12N.C14H10F3NO3.Ir/c1-2-7-16-13-17(10-9-14(16)5-1)19-18-8-4-3-6-15(18)11-12-20-19;15-14(16,17)10-4-1-3-9(7-10)8-18-6-2-5-11(12(18)19)13(20)21;/h1-9,11-13H;1-7H,8H2,(H,20,21);/q-1;;. The summed E-state index contributed by atoms with van der Waals surface area (Å²) in [4.78, 5) is 27.3. The van der Waals surface area contributed by atoms with Crippen LogP contribution in [-0.4, -0.2) is 20.6 Å². The van der Waals surface area contributed by atoms with Crippen LogP contribution in [0.2, 0.25) is 0 Å². The summed E-state index contributed by atoms with van der Waals surface area (Å²) in [6.45, 7) is -0.135. The Kier molecular flexibility index (Phi) is 9.35. The van der Waals surface area contributed by atoms with Crippen molar-refractivity contribution in [3.8, 4) is 11.3 Å². The van der Waals surface area contributed by atoms with Gasteiger partial charge in [-0.2, -0.15) is 13.2 Å². The SMILES string of the molecule is O=C(O)c1cccn(Cc2cccc(C(F)(F)F)c2)c1=O.[Ir].[c-]1cc2ccccc2cc1-c1nccc2ccccc12. The average molecular weight is 744 g/mol. The maximum absolute atomic E-state index is 12.6. The van der Waals surface area contributed by atoms with Crippen molar-refractivity contribution in [3.63, 3.8) is 0 Å². The van der Waals surface area contributed by atoms with Gasteiger partial charge in [0.25, 0.3) is 5.56 Å². The number of fused-ring (bicyclic) bond motifs is 2. The minimum atomic E-state index is -4.47. The molecule has 2 aromatic heterocycles. The van der Waals surface area contributed by atoms with Crippen LogP contribution < -0.4 is 5.56 Å². The number of nitrogens with zero attached hydrogens (tertiary/aromatic N) is 2. The van der Waals surface area contributed by atoms with E-state index in [2.05, 4.69) is 59.6 Å². The van der Waals surface area contributed by atoms with E-state index in [9.17, 15) is 22.8 Å². The molecule has 0 bridgehead atoms. The average Bonchev–Trinajstić information content (AvgIpc) is 2.97. The number of halogens is 3. The van der Waals surface area contributed by atoms with Crippen LogP contribution >= 0.6 is 0 Å². The number of hydrogen-bond acceptors (Lipinski definition) is 3. The molecule has 0 aliphatic heterocycles. The first-order valence-corrected chi connectivity index (χ1v) is 12.5. The Bertz CT molecular complexity index is 1930. The second kappa shape index (κ2) is 12.9. The molecule has 0 saturated carbocycles. The Morgan fingerprint density at radius 1 is 0.857 bits per heavy atom. The number of alkyl halides is 3. The van der Waals surface area contributed by atoms with Crippen LogP contribution in [0.25, 0.3) is 32.8 Å². The topological polar surface area (TPSA) is 72.2 Å². The Morgan fingerprint density at radius 3 is 2.31 bits per heavy atom. The summed E-state index contributed by atoms with van der Waals surface area (Å²) in [7, 11) is 0. The summed E-state index contributed by atoms with van der Waals surface area (Å²) in [5.41, 5.74) is 0.290. The number of hydrogen-bond donors (Lipinski definition) is 1. The van der Waals surface area contributed by atoms with E-state index in [1.165, 1.54) is 45.9 Å². The van der Waals surface area contributed by atoms with E-state index < -0.39 is 28.8 Å². The number of benzene rings is 4. The molecule has 213 valence electrons. The third kappa shape index (κ3) is 6.82. The van der Waals surface area contributed by atoms with E-state index >= 15 is 0 Å². The van der Waals surface area contributed by atoms with Crippen molar-refractivity contribution in [2.75, 3.05) is 0 Å². The molecule has 2 heterocycles. The van der Waals surface area contributed by atoms with Crippen molar-refractivity contribution in [2.45, 2.75) is 12.7 Å². The molecule has 1 N–H and O–H groups in total. The quantitative estimate of drug-likeness (QED) is 0.191. The van der Waals surface area contributed by atoms with Crippen LogP contribution in [0.5, 0.6) is 0 Å². The largest absolute Gasteiger partial charge is 0.477 e. The van der Waals surface area contributed by atoms with Crippen LogP contribution in [0.1, 0.15) is 21.5 Å². The van der Waals surface area contributed by atoms with Gasteiger partial charge in [-0.15, -0.1) is 29.1 Å². The van der Waals surface area contributed by atoms with Crippen LogP contribution in [-0.2, 0) is 32.8 Å². The van der Waals surface area contributed by atoms with Crippen LogP contribution in [0.3, 0.4) is 0 Å². The molecule has 0 fully saturated rings. The first-order chi connectivity index (χ1) is 19.7. The van der Waals surface area contributed by atoms with Crippen molar-refractivity contribution in [1.29, 1.82) is 0 Å². The molecule has 42 heavy (non-hydrogen) atoms. The molecule has 0 unspecified atom stereocenters. The molecule has 0 aliphatic carbocycles. The number of aromatic nitrogens is 2. The fourth-order valence-corrected chi connectivity index (χ4v) is 4.46. The zero-order valence-corrected chi connectivity index (χ0v) is 24.2. The summed E-state index contributed by atoms with van der Waals surface area (Å²) in [6, 6.07) is 33.3. The number of aromatic carboxylic acids is 1. The molecule has 0 atom stereocenters. The van der Waals surface area contributed by atoms with Crippen LogP contribution in [0, 0.1) is 6.07 Å². The minimum absolute atomic E-state index is 0. The molecule has 4 aromatic carbocycles. The van der Waals surface area contributed by atoms with Crippen LogP contribution in [0.15, 0.2) is 120 Å². The van der Waals surface area contributed by atoms with Gasteiger partial charge in [-0.3, -0.25) is 4.79 Å². The summed E-state index contributed by atoms with van der Waals surface area (Å²) in [5, 5.41) is 13.6. The maximum atomic E-state index is 12.6. The molecule has 1 radical (unpaired) electrons. The fourth-order valence-electron chi connectivity index (χ4n) is 4.46. The van der Waals surface area contributed by atoms with Gasteiger partial charge in [0.1, 0.15) is 5.56 Å². The van der Waals surface area contributed by atoms with Crippen molar-refractivity contribution in [3.05, 3.63) is 149 Å².